The molecule has 1 aliphatic rings. The van der Waals surface area contributed by atoms with Gasteiger partial charge in [-0.15, -0.1) is 0 Å². The summed E-state index contributed by atoms with van der Waals surface area (Å²) in [5.74, 6) is 5.33. The van der Waals surface area contributed by atoms with Gasteiger partial charge in [0.25, 0.3) is 5.91 Å². The first-order chi connectivity index (χ1) is 10.0. The largest absolute Gasteiger partial charge is 0.384 e. The van der Waals surface area contributed by atoms with E-state index in [-0.39, 0.29) is 12.5 Å². The lowest BCUT2D eigenvalue weighted by atomic mass is 10.1. The Morgan fingerprint density at radius 1 is 1.43 bits per heavy atom. The van der Waals surface area contributed by atoms with Crippen molar-refractivity contribution in [3.05, 3.63) is 34.3 Å². The van der Waals surface area contributed by atoms with Crippen molar-refractivity contribution in [3.63, 3.8) is 0 Å². The van der Waals surface area contributed by atoms with Crippen molar-refractivity contribution < 1.29 is 9.90 Å². The lowest BCUT2D eigenvalue weighted by Gasteiger charge is -2.34. The molecule has 5 heteroatoms. The number of hydrogen-bond acceptors (Lipinski definition) is 3. The Hall–Kier alpha value is -1.15. The lowest BCUT2D eigenvalue weighted by molar-refractivity contribution is 0.0753. The molecule has 1 N–H and O–H groups in total. The van der Waals surface area contributed by atoms with E-state index in [1.807, 2.05) is 16.7 Å². The molecular formula is C16H18ClNO2S. The molecule has 1 aromatic carbocycles. The summed E-state index contributed by atoms with van der Waals surface area (Å²) in [6, 6.07) is 5.12. The standard InChI is InChI=1S/C16H18ClNO2S/c1-11-9-18(10-12(2)21-11)16(20)14-6-5-13(4-3-7-19)15(17)8-14/h5-6,8,11-12,19H,7,9-10H2,1-2H3. The first-order valence-corrected chi connectivity index (χ1v) is 8.17. The zero-order valence-electron chi connectivity index (χ0n) is 12.1. The second kappa shape index (κ2) is 7.22. The first kappa shape index (κ1) is 16.2. The summed E-state index contributed by atoms with van der Waals surface area (Å²) in [7, 11) is 0. The van der Waals surface area contributed by atoms with Gasteiger partial charge in [0.15, 0.2) is 0 Å². The summed E-state index contributed by atoms with van der Waals surface area (Å²) < 4.78 is 0. The molecule has 1 aliphatic heterocycles. The third kappa shape index (κ3) is 4.16. The highest BCUT2D eigenvalue weighted by atomic mass is 35.5. The Morgan fingerprint density at radius 2 is 2.10 bits per heavy atom. The van der Waals surface area contributed by atoms with Crippen LogP contribution in [0.1, 0.15) is 29.8 Å². The highest BCUT2D eigenvalue weighted by Gasteiger charge is 2.26. The van der Waals surface area contributed by atoms with Crippen LogP contribution in [-0.2, 0) is 0 Å². The summed E-state index contributed by atoms with van der Waals surface area (Å²) >= 11 is 8.06. The predicted octanol–water partition coefficient (Wildman–Crippen LogP) is 2.65. The number of carbonyl (C=O) groups is 1. The topological polar surface area (TPSA) is 40.5 Å². The third-order valence-electron chi connectivity index (χ3n) is 3.22. The fourth-order valence-electron chi connectivity index (χ4n) is 2.41. The normalized spacial score (nSPS) is 21.6. The van der Waals surface area contributed by atoms with E-state index in [4.69, 9.17) is 16.7 Å². The van der Waals surface area contributed by atoms with Gasteiger partial charge in [-0.1, -0.05) is 37.3 Å². The van der Waals surface area contributed by atoms with Crippen molar-refractivity contribution in [2.45, 2.75) is 24.3 Å². The number of nitrogens with zero attached hydrogens (tertiary/aromatic N) is 1. The summed E-state index contributed by atoms with van der Waals surface area (Å²) in [5, 5.41) is 10.0. The Balaban J connectivity index is 2.18. The molecule has 1 heterocycles. The summed E-state index contributed by atoms with van der Waals surface area (Å²) in [6.07, 6.45) is 0. The zero-order chi connectivity index (χ0) is 15.4. The van der Waals surface area contributed by atoms with Crippen LogP contribution in [0.4, 0.5) is 0 Å². The van der Waals surface area contributed by atoms with Crippen molar-refractivity contribution in [1.29, 1.82) is 0 Å². The van der Waals surface area contributed by atoms with E-state index in [0.717, 1.165) is 13.1 Å². The zero-order valence-corrected chi connectivity index (χ0v) is 13.7. The highest BCUT2D eigenvalue weighted by Crippen LogP contribution is 2.26. The molecule has 112 valence electrons. The molecular weight excluding hydrogens is 306 g/mol. The molecule has 0 bridgehead atoms. The molecule has 21 heavy (non-hydrogen) atoms. The number of hydrogen-bond donors (Lipinski definition) is 1. The van der Waals surface area contributed by atoms with E-state index in [1.165, 1.54) is 0 Å². The Labute approximate surface area is 134 Å². The maximum Gasteiger partial charge on any atom is 0.253 e. The molecule has 1 saturated heterocycles. The van der Waals surface area contributed by atoms with Crippen molar-refractivity contribution in [2.24, 2.45) is 0 Å². The van der Waals surface area contributed by atoms with Gasteiger partial charge in [-0.05, 0) is 18.2 Å². The second-order valence-electron chi connectivity index (χ2n) is 5.12. The van der Waals surface area contributed by atoms with Crippen LogP contribution in [0.2, 0.25) is 5.02 Å². The average molecular weight is 324 g/mol. The van der Waals surface area contributed by atoms with Crippen LogP contribution < -0.4 is 0 Å². The number of carbonyl (C=O) groups excluding carboxylic acids is 1. The average Bonchev–Trinajstić information content (AvgIpc) is 2.44. The van der Waals surface area contributed by atoms with E-state index in [2.05, 4.69) is 25.7 Å². The minimum atomic E-state index is -0.210. The molecule has 2 rings (SSSR count). The SMILES string of the molecule is CC1CN(C(=O)c2ccc(C#CCO)c(Cl)c2)CC(C)S1. The number of halogens is 1. The number of benzene rings is 1. The molecule has 1 aromatic rings. The highest BCUT2D eigenvalue weighted by molar-refractivity contribution is 8.00. The van der Waals surface area contributed by atoms with Crippen LogP contribution in [0.15, 0.2) is 18.2 Å². The fraction of sp³-hybridized carbons (Fsp3) is 0.438. The number of aliphatic hydroxyl groups is 1. The van der Waals surface area contributed by atoms with Crippen LogP contribution in [0, 0.1) is 11.8 Å². The molecule has 0 aromatic heterocycles. The molecule has 0 spiro atoms. The summed E-state index contributed by atoms with van der Waals surface area (Å²) in [4.78, 5) is 14.4. The predicted molar refractivity (Wildman–Crippen MR) is 87.8 cm³/mol. The lowest BCUT2D eigenvalue weighted by Crippen LogP contribution is -2.44. The molecule has 2 atom stereocenters. The number of thioether (sulfide) groups is 1. The van der Waals surface area contributed by atoms with Gasteiger partial charge in [0, 0.05) is 34.7 Å². The van der Waals surface area contributed by atoms with Crippen LogP contribution in [0.5, 0.6) is 0 Å². The second-order valence-corrected chi connectivity index (χ2v) is 7.41. The van der Waals surface area contributed by atoms with E-state index < -0.39 is 0 Å². The van der Waals surface area contributed by atoms with Crippen molar-refractivity contribution in [2.75, 3.05) is 19.7 Å². The monoisotopic (exact) mass is 323 g/mol. The van der Waals surface area contributed by atoms with Crippen LogP contribution in [0.3, 0.4) is 0 Å². The Kier molecular flexibility index (Phi) is 5.58. The molecule has 0 saturated carbocycles. The van der Waals surface area contributed by atoms with E-state index >= 15 is 0 Å². The number of aliphatic hydroxyl groups excluding tert-OH is 1. The van der Waals surface area contributed by atoms with Gasteiger partial charge in [-0.2, -0.15) is 11.8 Å². The van der Waals surface area contributed by atoms with Gasteiger partial charge in [0.2, 0.25) is 0 Å². The molecule has 0 radical (unpaired) electrons. The Bertz CT molecular complexity index is 584. The maximum absolute atomic E-state index is 12.6. The van der Waals surface area contributed by atoms with Gasteiger partial charge >= 0.3 is 0 Å². The van der Waals surface area contributed by atoms with E-state index in [1.54, 1.807) is 18.2 Å². The van der Waals surface area contributed by atoms with Crippen molar-refractivity contribution >= 4 is 29.3 Å². The fourth-order valence-corrected chi connectivity index (χ4v) is 3.96. The molecule has 1 amide bonds. The van der Waals surface area contributed by atoms with E-state index in [0.29, 0.717) is 26.6 Å². The van der Waals surface area contributed by atoms with Gasteiger partial charge in [-0.3, -0.25) is 4.79 Å². The number of rotatable bonds is 1. The van der Waals surface area contributed by atoms with Crippen LogP contribution in [-0.4, -0.2) is 46.1 Å². The van der Waals surface area contributed by atoms with E-state index in [9.17, 15) is 4.79 Å². The first-order valence-electron chi connectivity index (χ1n) is 6.85. The van der Waals surface area contributed by atoms with Crippen molar-refractivity contribution in [1.82, 2.24) is 4.90 Å². The molecule has 3 nitrogen and oxygen atoms in total. The molecule has 0 aliphatic carbocycles. The van der Waals surface area contributed by atoms with Gasteiger partial charge in [0.05, 0.1) is 5.02 Å². The smallest absolute Gasteiger partial charge is 0.253 e. The molecule has 2 unspecified atom stereocenters. The van der Waals surface area contributed by atoms with Gasteiger partial charge in [0.1, 0.15) is 6.61 Å². The minimum Gasteiger partial charge on any atom is -0.384 e. The van der Waals surface area contributed by atoms with Crippen molar-refractivity contribution in [3.8, 4) is 11.8 Å². The maximum atomic E-state index is 12.6. The summed E-state index contributed by atoms with van der Waals surface area (Å²) in [6.45, 7) is 5.59. The molecule has 1 fully saturated rings. The number of amides is 1. The van der Waals surface area contributed by atoms with Crippen LogP contribution in [0.25, 0.3) is 0 Å². The van der Waals surface area contributed by atoms with Gasteiger partial charge < -0.3 is 10.0 Å². The summed E-state index contributed by atoms with van der Waals surface area (Å²) in [5.41, 5.74) is 1.21. The Morgan fingerprint density at radius 3 is 2.67 bits per heavy atom. The minimum absolute atomic E-state index is 0.0116. The van der Waals surface area contributed by atoms with Gasteiger partial charge in [-0.25, -0.2) is 0 Å². The van der Waals surface area contributed by atoms with Crippen LogP contribution >= 0.6 is 23.4 Å². The third-order valence-corrected chi connectivity index (χ3v) is 4.77. The quantitative estimate of drug-likeness (QED) is 0.808.